The number of aliphatic hydroxyl groups is 1. The van der Waals surface area contributed by atoms with Crippen LogP contribution >= 0.6 is 0 Å². The van der Waals surface area contributed by atoms with Gasteiger partial charge in [-0.15, -0.1) is 0 Å². The number of hydroxylamine groups is 1. The summed E-state index contributed by atoms with van der Waals surface area (Å²) in [5, 5.41) is 23.1. The van der Waals surface area contributed by atoms with Crippen LogP contribution in [0.5, 0.6) is 0 Å². The highest BCUT2D eigenvalue weighted by Gasteiger charge is 2.13. The minimum Gasteiger partial charge on any atom is -0.595 e. The summed E-state index contributed by atoms with van der Waals surface area (Å²) in [7, 11) is 0. The van der Waals surface area contributed by atoms with Crippen molar-refractivity contribution < 1.29 is 14.8 Å². The van der Waals surface area contributed by atoms with Crippen LogP contribution in [0, 0.1) is 5.21 Å². The average molecular weight is 214 g/mol. The Labute approximate surface area is 89.7 Å². The fourth-order valence-corrected chi connectivity index (χ4v) is 0.892. The van der Waals surface area contributed by atoms with Crippen molar-refractivity contribution in [2.24, 2.45) is 5.11 Å². The normalized spacial score (nSPS) is 14.5. The van der Waals surface area contributed by atoms with E-state index in [9.17, 15) is 10.0 Å². The van der Waals surface area contributed by atoms with Gasteiger partial charge in [0.1, 0.15) is 6.61 Å². The average Bonchev–Trinajstić information content (AvgIpc) is 2.23. The number of Topliss-reactive ketones (excluding diaryl/α,β-unsaturated/α-hetero) is 1. The van der Waals surface area contributed by atoms with Crippen molar-refractivity contribution in [2.45, 2.75) is 39.2 Å². The quantitative estimate of drug-likeness (QED) is 0.303. The molecule has 0 saturated carbocycles. The summed E-state index contributed by atoms with van der Waals surface area (Å²) < 4.78 is 0. The Balaban J connectivity index is 4.07. The van der Waals surface area contributed by atoms with Crippen LogP contribution in [0.15, 0.2) is 17.4 Å². The Morgan fingerprint density at radius 1 is 1.67 bits per heavy atom. The molecule has 0 aromatic carbocycles. The molecule has 1 N–H and O–H groups in total. The Kier molecular flexibility index (Phi) is 7.44. The first-order chi connectivity index (χ1) is 7.11. The Morgan fingerprint density at radius 2 is 2.33 bits per heavy atom. The highest BCUT2D eigenvalue weighted by molar-refractivity contribution is 5.84. The number of carbonyl (C=O) groups is 1. The van der Waals surface area contributed by atoms with Gasteiger partial charge in [-0.25, -0.2) is 0 Å². The molecule has 0 unspecified atom stereocenters. The summed E-state index contributed by atoms with van der Waals surface area (Å²) in [6, 6.07) is -0.789. The van der Waals surface area contributed by atoms with Crippen molar-refractivity contribution >= 4 is 5.78 Å². The van der Waals surface area contributed by atoms with E-state index < -0.39 is 18.4 Å². The molecule has 0 aliphatic carbocycles. The number of rotatable bonds is 7. The zero-order valence-electron chi connectivity index (χ0n) is 9.22. The Bertz CT molecular complexity index is 249. The molecule has 0 aliphatic rings. The van der Waals surface area contributed by atoms with Crippen LogP contribution in [0.4, 0.5) is 0 Å². The molecule has 0 aromatic heterocycles. The largest absolute Gasteiger partial charge is 0.595 e. The predicted molar refractivity (Wildman–Crippen MR) is 56.3 cm³/mol. The third kappa shape index (κ3) is 6.79. The maximum atomic E-state index is 11.1. The standard InChI is InChI=1S/C10H18N2O3/c1-3-4-5-6-7-12(15)11-9(2)10(14)8-13/h6-7,9,13H,3-5,8H2,1-2H3/b7-6-,12-11?/t9-/m1/s1. The first-order valence-corrected chi connectivity index (χ1v) is 5.09. The molecule has 0 amide bonds. The van der Waals surface area contributed by atoms with Gasteiger partial charge in [-0.05, 0) is 31.0 Å². The lowest BCUT2D eigenvalue weighted by molar-refractivity contribution is -0.461. The van der Waals surface area contributed by atoms with E-state index in [-0.39, 0.29) is 0 Å². The number of unbranched alkanes of at least 4 members (excludes halogenated alkanes) is 2. The molecule has 1 atom stereocenters. The lowest BCUT2D eigenvalue weighted by Crippen LogP contribution is -2.19. The van der Waals surface area contributed by atoms with E-state index in [4.69, 9.17) is 5.11 Å². The van der Waals surface area contributed by atoms with E-state index in [0.29, 0.717) is 4.86 Å². The predicted octanol–water partition coefficient (Wildman–Crippen LogP) is 1.60. The summed E-state index contributed by atoms with van der Waals surface area (Å²) in [6.07, 6.45) is 5.93. The Morgan fingerprint density at radius 3 is 2.87 bits per heavy atom. The topological polar surface area (TPSA) is 75.7 Å². The molecule has 5 heteroatoms. The van der Waals surface area contributed by atoms with Crippen molar-refractivity contribution in [1.82, 2.24) is 0 Å². The van der Waals surface area contributed by atoms with Gasteiger partial charge in [0.05, 0.1) is 0 Å². The van der Waals surface area contributed by atoms with Gasteiger partial charge in [0, 0.05) is 0 Å². The number of allylic oxidation sites excluding steroid dienone is 1. The lowest BCUT2D eigenvalue weighted by Gasteiger charge is -1.99. The molecule has 0 fully saturated rings. The summed E-state index contributed by atoms with van der Waals surface area (Å²) in [5.74, 6) is -0.460. The van der Waals surface area contributed by atoms with E-state index >= 15 is 0 Å². The lowest BCUT2D eigenvalue weighted by atomic mass is 10.2. The third-order valence-electron chi connectivity index (χ3n) is 1.87. The van der Waals surface area contributed by atoms with Crippen molar-refractivity contribution in [3.05, 3.63) is 17.5 Å². The molecule has 0 spiro atoms. The van der Waals surface area contributed by atoms with E-state index in [2.05, 4.69) is 12.0 Å². The van der Waals surface area contributed by atoms with Crippen LogP contribution in [0.2, 0.25) is 0 Å². The van der Waals surface area contributed by atoms with Crippen LogP contribution in [0.3, 0.4) is 0 Å². The van der Waals surface area contributed by atoms with Crippen LogP contribution in [0.1, 0.15) is 33.1 Å². The number of carbonyl (C=O) groups excluding carboxylic acids is 1. The molecule has 0 rings (SSSR count). The fraction of sp³-hybridized carbons (Fsp3) is 0.700. The smallest absolute Gasteiger partial charge is 0.205 e. The van der Waals surface area contributed by atoms with Gasteiger partial charge in [-0.2, -0.15) is 0 Å². The van der Waals surface area contributed by atoms with Crippen molar-refractivity contribution in [2.75, 3.05) is 6.61 Å². The molecule has 0 saturated heterocycles. The number of nitrogens with zero attached hydrogens (tertiary/aromatic N) is 2. The molecule has 0 heterocycles. The molecule has 15 heavy (non-hydrogen) atoms. The van der Waals surface area contributed by atoms with Crippen molar-refractivity contribution in [3.8, 4) is 0 Å². The maximum absolute atomic E-state index is 11.1. The molecule has 0 aromatic rings. The Hall–Kier alpha value is -1.23. The SMILES string of the molecule is CCCC/C=C\[N+]([O-])=N[C@H](C)C(=O)CO. The minimum absolute atomic E-state index is 0.369. The minimum atomic E-state index is -0.789. The van der Waals surface area contributed by atoms with Crippen molar-refractivity contribution in [1.29, 1.82) is 0 Å². The fourth-order valence-electron chi connectivity index (χ4n) is 0.892. The summed E-state index contributed by atoms with van der Waals surface area (Å²) in [4.78, 5) is 11.3. The third-order valence-corrected chi connectivity index (χ3v) is 1.87. The molecule has 86 valence electrons. The molecular weight excluding hydrogens is 196 g/mol. The molecule has 5 nitrogen and oxygen atoms in total. The number of hydrogen-bond donors (Lipinski definition) is 1. The van der Waals surface area contributed by atoms with E-state index in [1.165, 1.54) is 13.1 Å². The van der Waals surface area contributed by atoms with E-state index in [0.717, 1.165) is 19.3 Å². The monoisotopic (exact) mass is 214 g/mol. The first-order valence-electron chi connectivity index (χ1n) is 5.09. The van der Waals surface area contributed by atoms with Gasteiger partial charge in [-0.1, -0.05) is 18.2 Å². The van der Waals surface area contributed by atoms with Gasteiger partial charge >= 0.3 is 0 Å². The second-order valence-corrected chi connectivity index (χ2v) is 3.25. The second kappa shape index (κ2) is 8.11. The van der Waals surface area contributed by atoms with Crippen molar-refractivity contribution in [3.63, 3.8) is 0 Å². The molecule has 0 aliphatic heterocycles. The van der Waals surface area contributed by atoms with Gasteiger partial charge in [0.25, 0.3) is 0 Å². The second-order valence-electron chi connectivity index (χ2n) is 3.25. The maximum Gasteiger partial charge on any atom is 0.205 e. The zero-order valence-corrected chi connectivity index (χ0v) is 9.22. The summed E-state index contributed by atoms with van der Waals surface area (Å²) in [6.45, 7) is 2.95. The van der Waals surface area contributed by atoms with E-state index in [1.54, 1.807) is 6.08 Å². The number of aliphatic hydroxyl groups excluding tert-OH is 1. The van der Waals surface area contributed by atoms with Crippen LogP contribution in [-0.2, 0) is 4.79 Å². The van der Waals surface area contributed by atoms with Gasteiger partial charge < -0.3 is 10.3 Å². The first kappa shape index (κ1) is 13.8. The number of azo groups is 1. The molecule has 0 bridgehead atoms. The summed E-state index contributed by atoms with van der Waals surface area (Å²) in [5.41, 5.74) is 0. The van der Waals surface area contributed by atoms with Gasteiger partial charge in [-0.3, -0.25) is 4.79 Å². The van der Waals surface area contributed by atoms with Gasteiger partial charge in [0.15, 0.2) is 11.8 Å². The molecule has 0 radical (unpaired) electrons. The number of hydrogen-bond acceptors (Lipinski definition) is 4. The van der Waals surface area contributed by atoms with Gasteiger partial charge in [0.2, 0.25) is 6.20 Å². The van der Waals surface area contributed by atoms with Crippen LogP contribution < -0.4 is 0 Å². The zero-order chi connectivity index (χ0) is 11.7. The number of ketones is 1. The van der Waals surface area contributed by atoms with Crippen LogP contribution in [-0.4, -0.2) is 28.4 Å². The van der Waals surface area contributed by atoms with E-state index in [1.807, 2.05) is 0 Å². The van der Waals surface area contributed by atoms with Crippen LogP contribution in [0.25, 0.3) is 0 Å². The molecular formula is C10H18N2O3. The highest BCUT2D eigenvalue weighted by Crippen LogP contribution is 1.97. The highest BCUT2D eigenvalue weighted by atomic mass is 16.5. The summed E-state index contributed by atoms with van der Waals surface area (Å²) >= 11 is 0.